The van der Waals surface area contributed by atoms with Crippen LogP contribution in [0.2, 0.25) is 0 Å². The third kappa shape index (κ3) is 5.40. The van der Waals surface area contributed by atoms with E-state index in [2.05, 4.69) is 10.6 Å². The molecule has 20 heavy (non-hydrogen) atoms. The van der Waals surface area contributed by atoms with Gasteiger partial charge in [0.15, 0.2) is 0 Å². The molecule has 1 aromatic rings. The fraction of sp³-hybridized carbons (Fsp3) is 0.357. The Morgan fingerprint density at radius 2 is 2.05 bits per heavy atom. The van der Waals surface area contributed by atoms with Crippen LogP contribution in [0.3, 0.4) is 0 Å². The fourth-order valence-electron chi connectivity index (χ4n) is 1.62. The van der Waals surface area contributed by atoms with E-state index in [0.717, 1.165) is 5.56 Å². The van der Waals surface area contributed by atoms with E-state index in [1.165, 1.54) is 0 Å². The molecule has 0 aliphatic carbocycles. The van der Waals surface area contributed by atoms with Crippen molar-refractivity contribution in [2.75, 3.05) is 13.2 Å². The first-order valence-electron chi connectivity index (χ1n) is 6.29. The van der Waals surface area contributed by atoms with Crippen LogP contribution < -0.4 is 10.6 Å². The summed E-state index contributed by atoms with van der Waals surface area (Å²) in [4.78, 5) is 23.4. The van der Waals surface area contributed by atoms with Gasteiger partial charge < -0.3 is 15.4 Å². The summed E-state index contributed by atoms with van der Waals surface area (Å²) in [6.07, 6.45) is -0.322. The monoisotopic (exact) mass is 275 g/mol. The first kappa shape index (κ1) is 15.5. The molecular weight excluding hydrogens is 258 g/mol. The lowest BCUT2D eigenvalue weighted by molar-refractivity contribution is -0.122. The van der Waals surface area contributed by atoms with E-state index in [0.29, 0.717) is 6.42 Å². The quantitative estimate of drug-likeness (QED) is 0.757. The molecule has 0 fully saturated rings. The number of rotatable bonds is 6. The first-order valence-corrected chi connectivity index (χ1v) is 6.29. The molecule has 0 radical (unpaired) electrons. The SMILES string of the molecule is CCOC(=O)NC(Cc1ccccc1)C(=O)NCC#N. The normalized spacial score (nSPS) is 11.0. The Morgan fingerprint density at radius 3 is 2.65 bits per heavy atom. The number of benzene rings is 1. The number of nitrogens with one attached hydrogen (secondary N) is 2. The number of hydrogen-bond acceptors (Lipinski definition) is 4. The van der Waals surface area contributed by atoms with Crippen LogP contribution in [0.25, 0.3) is 0 Å². The van der Waals surface area contributed by atoms with Gasteiger partial charge in [0.2, 0.25) is 5.91 Å². The highest BCUT2D eigenvalue weighted by atomic mass is 16.5. The lowest BCUT2D eigenvalue weighted by atomic mass is 10.1. The average molecular weight is 275 g/mol. The van der Waals surface area contributed by atoms with E-state index in [-0.39, 0.29) is 13.2 Å². The van der Waals surface area contributed by atoms with Gasteiger partial charge >= 0.3 is 6.09 Å². The number of carbonyl (C=O) groups is 2. The van der Waals surface area contributed by atoms with Crippen LogP contribution in [0.5, 0.6) is 0 Å². The van der Waals surface area contributed by atoms with Crippen LogP contribution in [-0.4, -0.2) is 31.2 Å². The number of alkyl carbamates (subject to hydrolysis) is 1. The third-order valence-corrected chi connectivity index (χ3v) is 2.51. The zero-order valence-electron chi connectivity index (χ0n) is 11.3. The number of ether oxygens (including phenoxy) is 1. The standard InChI is InChI=1S/C14H17N3O3/c1-2-20-14(19)17-12(13(18)16-9-8-15)10-11-6-4-3-5-7-11/h3-7,12H,2,9-10H2,1H3,(H,16,18)(H,17,19). The number of amides is 2. The van der Waals surface area contributed by atoms with Gasteiger partial charge in [0.1, 0.15) is 12.6 Å². The van der Waals surface area contributed by atoms with Crippen LogP contribution >= 0.6 is 0 Å². The van der Waals surface area contributed by atoms with Crippen molar-refractivity contribution in [3.05, 3.63) is 35.9 Å². The van der Waals surface area contributed by atoms with Crippen LogP contribution in [0.15, 0.2) is 30.3 Å². The maximum absolute atomic E-state index is 11.9. The summed E-state index contributed by atoms with van der Waals surface area (Å²) in [5.41, 5.74) is 0.904. The third-order valence-electron chi connectivity index (χ3n) is 2.51. The van der Waals surface area contributed by atoms with Gasteiger partial charge in [-0.15, -0.1) is 0 Å². The lowest BCUT2D eigenvalue weighted by Gasteiger charge is -2.17. The van der Waals surface area contributed by atoms with Crippen LogP contribution in [0, 0.1) is 11.3 Å². The molecule has 1 aromatic carbocycles. The van der Waals surface area contributed by atoms with E-state index in [9.17, 15) is 9.59 Å². The van der Waals surface area contributed by atoms with Crippen molar-refractivity contribution in [1.82, 2.24) is 10.6 Å². The highest BCUT2D eigenvalue weighted by Gasteiger charge is 2.21. The molecule has 0 saturated heterocycles. The van der Waals surface area contributed by atoms with Crippen molar-refractivity contribution >= 4 is 12.0 Å². The van der Waals surface area contributed by atoms with Gasteiger partial charge in [0.05, 0.1) is 12.7 Å². The zero-order chi connectivity index (χ0) is 14.8. The molecule has 0 aliphatic rings. The van der Waals surface area contributed by atoms with Crippen molar-refractivity contribution < 1.29 is 14.3 Å². The molecule has 1 atom stereocenters. The summed E-state index contributed by atoms with van der Waals surface area (Å²) in [5.74, 6) is -0.413. The highest BCUT2D eigenvalue weighted by molar-refractivity contribution is 5.86. The van der Waals surface area contributed by atoms with E-state index >= 15 is 0 Å². The van der Waals surface area contributed by atoms with Crippen molar-refractivity contribution in [3.8, 4) is 6.07 Å². The Labute approximate surface area is 117 Å². The van der Waals surface area contributed by atoms with Crippen molar-refractivity contribution in [2.45, 2.75) is 19.4 Å². The number of carbonyl (C=O) groups excluding carboxylic acids is 2. The summed E-state index contributed by atoms with van der Waals surface area (Å²) >= 11 is 0. The van der Waals surface area contributed by atoms with Gasteiger partial charge in [-0.1, -0.05) is 30.3 Å². The summed E-state index contributed by atoms with van der Waals surface area (Å²) in [5, 5.41) is 13.4. The summed E-state index contributed by atoms with van der Waals surface area (Å²) < 4.78 is 4.77. The second kappa shape index (κ2) is 8.53. The molecule has 0 heterocycles. The second-order valence-corrected chi connectivity index (χ2v) is 3.98. The molecule has 0 spiro atoms. The maximum atomic E-state index is 11.9. The molecule has 1 rings (SSSR count). The Balaban J connectivity index is 2.70. The number of nitrogens with zero attached hydrogens (tertiary/aromatic N) is 1. The van der Waals surface area contributed by atoms with E-state index in [1.54, 1.807) is 6.92 Å². The van der Waals surface area contributed by atoms with Crippen molar-refractivity contribution in [1.29, 1.82) is 5.26 Å². The molecule has 1 unspecified atom stereocenters. The molecular formula is C14H17N3O3. The predicted molar refractivity (Wildman–Crippen MR) is 72.7 cm³/mol. The average Bonchev–Trinajstić information content (AvgIpc) is 2.45. The molecule has 0 bridgehead atoms. The minimum Gasteiger partial charge on any atom is -0.450 e. The number of nitriles is 1. The first-order chi connectivity index (χ1) is 9.67. The molecule has 2 amide bonds. The topological polar surface area (TPSA) is 91.2 Å². The highest BCUT2D eigenvalue weighted by Crippen LogP contribution is 2.04. The molecule has 2 N–H and O–H groups in total. The Bertz CT molecular complexity index is 482. The number of hydrogen-bond donors (Lipinski definition) is 2. The van der Waals surface area contributed by atoms with Crippen molar-refractivity contribution in [2.24, 2.45) is 0 Å². The smallest absolute Gasteiger partial charge is 0.407 e. The molecule has 0 saturated carbocycles. The van der Waals surface area contributed by atoms with Crippen LogP contribution in [0.1, 0.15) is 12.5 Å². The van der Waals surface area contributed by atoms with Gasteiger partial charge in [-0.2, -0.15) is 5.26 Å². The fourth-order valence-corrected chi connectivity index (χ4v) is 1.62. The van der Waals surface area contributed by atoms with Gasteiger partial charge in [-0.05, 0) is 12.5 Å². The predicted octanol–water partition coefficient (Wildman–Crippen LogP) is 0.984. The zero-order valence-corrected chi connectivity index (χ0v) is 11.3. The summed E-state index contributed by atoms with van der Waals surface area (Å²) in [6.45, 7) is 1.81. The van der Waals surface area contributed by atoms with E-state index in [4.69, 9.17) is 10.00 Å². The van der Waals surface area contributed by atoms with Gasteiger partial charge in [0.25, 0.3) is 0 Å². The largest absolute Gasteiger partial charge is 0.450 e. The molecule has 0 aliphatic heterocycles. The Kier molecular flexibility index (Phi) is 6.62. The van der Waals surface area contributed by atoms with E-state index < -0.39 is 18.0 Å². The Morgan fingerprint density at radius 1 is 1.35 bits per heavy atom. The summed E-state index contributed by atoms with van der Waals surface area (Å²) in [7, 11) is 0. The van der Waals surface area contributed by atoms with Crippen molar-refractivity contribution in [3.63, 3.8) is 0 Å². The van der Waals surface area contributed by atoms with Gasteiger partial charge in [-0.25, -0.2) is 4.79 Å². The van der Waals surface area contributed by atoms with E-state index in [1.807, 2.05) is 36.4 Å². The van der Waals surface area contributed by atoms with Gasteiger partial charge in [-0.3, -0.25) is 4.79 Å². The van der Waals surface area contributed by atoms with Crippen LogP contribution in [-0.2, 0) is 16.0 Å². The Hall–Kier alpha value is -2.55. The maximum Gasteiger partial charge on any atom is 0.407 e. The second-order valence-electron chi connectivity index (χ2n) is 3.98. The molecule has 0 aromatic heterocycles. The summed E-state index contributed by atoms with van der Waals surface area (Å²) in [6, 6.07) is 10.3. The lowest BCUT2D eigenvalue weighted by Crippen LogP contribution is -2.48. The minimum absolute atomic E-state index is 0.103. The van der Waals surface area contributed by atoms with Gasteiger partial charge in [0, 0.05) is 6.42 Å². The van der Waals surface area contributed by atoms with Crippen LogP contribution in [0.4, 0.5) is 4.79 Å². The molecule has 6 heteroatoms. The molecule has 6 nitrogen and oxygen atoms in total. The minimum atomic E-state index is -0.773. The molecule has 106 valence electrons.